The molecule has 4 heteroatoms. The molecule has 0 aromatic rings. The van der Waals surface area contributed by atoms with E-state index in [9.17, 15) is 4.79 Å². The van der Waals surface area contributed by atoms with Crippen molar-refractivity contribution in [2.45, 2.75) is 32.8 Å². The summed E-state index contributed by atoms with van der Waals surface area (Å²) < 4.78 is 5.23. The Morgan fingerprint density at radius 3 is 2.79 bits per heavy atom. The first-order valence-electron chi connectivity index (χ1n) is 5.05. The molecule has 1 amide bonds. The number of rotatable bonds is 4. The van der Waals surface area contributed by atoms with Crippen LogP contribution in [0.5, 0.6) is 0 Å². The summed E-state index contributed by atoms with van der Waals surface area (Å²) in [5, 5.41) is 8.84. The maximum atomic E-state index is 11.4. The van der Waals surface area contributed by atoms with Gasteiger partial charge in [-0.05, 0) is 12.8 Å². The number of carbonyl (C=O) groups is 1. The molecular weight excluding hydrogens is 182 g/mol. The van der Waals surface area contributed by atoms with Crippen molar-refractivity contribution in [3.63, 3.8) is 0 Å². The van der Waals surface area contributed by atoms with Gasteiger partial charge in [0.05, 0.1) is 6.54 Å². The van der Waals surface area contributed by atoms with Gasteiger partial charge in [-0.3, -0.25) is 0 Å². The molecule has 0 bridgehead atoms. The van der Waals surface area contributed by atoms with Crippen LogP contribution < -0.4 is 0 Å². The monoisotopic (exact) mass is 201 g/mol. The van der Waals surface area contributed by atoms with Gasteiger partial charge < -0.3 is 14.7 Å². The van der Waals surface area contributed by atoms with Gasteiger partial charge in [0.15, 0.2) is 0 Å². The number of nitrogens with zero attached hydrogens (tertiary/aromatic N) is 1. The molecule has 1 N–H and O–H groups in total. The lowest BCUT2D eigenvalue weighted by Crippen LogP contribution is -2.33. The highest BCUT2D eigenvalue weighted by molar-refractivity contribution is 5.70. The van der Waals surface area contributed by atoms with Gasteiger partial charge in [0.1, 0.15) is 5.60 Å². The van der Waals surface area contributed by atoms with Crippen molar-refractivity contribution in [1.82, 2.24) is 4.90 Å². The van der Waals surface area contributed by atoms with Crippen LogP contribution in [-0.4, -0.2) is 41.4 Å². The Hall–Kier alpha value is -0.770. The van der Waals surface area contributed by atoms with Crippen molar-refractivity contribution < 1.29 is 14.6 Å². The minimum absolute atomic E-state index is 0.0549. The van der Waals surface area contributed by atoms with Crippen LogP contribution >= 0.6 is 0 Å². The average molecular weight is 201 g/mol. The molecule has 1 heterocycles. The Kier molecular flexibility index (Phi) is 3.37. The summed E-state index contributed by atoms with van der Waals surface area (Å²) >= 11 is 0. The lowest BCUT2D eigenvalue weighted by molar-refractivity contribution is 0.0501. The van der Waals surface area contributed by atoms with Crippen LogP contribution in [-0.2, 0) is 4.74 Å². The van der Waals surface area contributed by atoms with E-state index < -0.39 is 5.60 Å². The van der Waals surface area contributed by atoms with Gasteiger partial charge >= 0.3 is 6.09 Å². The van der Waals surface area contributed by atoms with Gasteiger partial charge in [-0.15, -0.1) is 0 Å². The zero-order valence-electron chi connectivity index (χ0n) is 9.12. The second kappa shape index (κ2) is 4.17. The summed E-state index contributed by atoms with van der Waals surface area (Å²) in [6, 6.07) is 0. The predicted octanol–water partition coefficient (Wildman–Crippen LogP) is 1.24. The van der Waals surface area contributed by atoms with Crippen LogP contribution in [0.3, 0.4) is 0 Å². The van der Waals surface area contributed by atoms with Crippen LogP contribution in [0.4, 0.5) is 4.79 Å². The van der Waals surface area contributed by atoms with Crippen molar-refractivity contribution in [2.75, 3.05) is 19.7 Å². The fraction of sp³-hybridized carbons (Fsp3) is 0.900. The van der Waals surface area contributed by atoms with E-state index in [-0.39, 0.29) is 12.7 Å². The van der Waals surface area contributed by atoms with Crippen LogP contribution in [0.1, 0.15) is 27.2 Å². The van der Waals surface area contributed by atoms with Gasteiger partial charge in [-0.2, -0.15) is 0 Å². The molecule has 14 heavy (non-hydrogen) atoms. The second-order valence-corrected chi connectivity index (χ2v) is 4.57. The molecule has 1 rings (SSSR count). The Labute approximate surface area is 84.8 Å². The fourth-order valence-electron chi connectivity index (χ4n) is 1.72. The third-order valence-corrected chi connectivity index (χ3v) is 2.34. The summed E-state index contributed by atoms with van der Waals surface area (Å²) in [5.74, 6) is 0.444. The summed E-state index contributed by atoms with van der Waals surface area (Å²) in [4.78, 5) is 13.1. The van der Waals surface area contributed by atoms with E-state index in [1.807, 2.05) is 6.92 Å². The van der Waals surface area contributed by atoms with Gasteiger partial charge in [0.2, 0.25) is 0 Å². The lowest BCUT2D eigenvalue weighted by Gasteiger charge is -2.20. The van der Waals surface area contributed by atoms with E-state index in [4.69, 9.17) is 9.84 Å². The number of carbonyl (C=O) groups excluding carboxylic acids is 1. The molecule has 0 spiro atoms. The quantitative estimate of drug-likeness (QED) is 0.744. The number of cyclic esters (lactones) is 1. The zero-order chi connectivity index (χ0) is 10.8. The molecule has 1 aliphatic heterocycles. The minimum atomic E-state index is -0.499. The molecule has 1 atom stereocenters. The minimum Gasteiger partial charge on any atom is -0.441 e. The number of ether oxygens (including phenoxy) is 1. The van der Waals surface area contributed by atoms with E-state index in [0.29, 0.717) is 18.9 Å². The maximum absolute atomic E-state index is 11.4. The smallest absolute Gasteiger partial charge is 0.410 e. The average Bonchev–Trinajstić information content (AvgIpc) is 2.26. The van der Waals surface area contributed by atoms with Gasteiger partial charge in [0, 0.05) is 19.6 Å². The van der Waals surface area contributed by atoms with Crippen molar-refractivity contribution in [1.29, 1.82) is 0 Å². The number of aliphatic hydroxyl groups excluding tert-OH is 1. The first-order chi connectivity index (χ1) is 6.47. The molecule has 82 valence electrons. The van der Waals surface area contributed by atoms with Gasteiger partial charge in [-0.25, -0.2) is 4.79 Å². The highest BCUT2D eigenvalue weighted by atomic mass is 16.6. The number of hydrogen-bond donors (Lipinski definition) is 1. The number of aliphatic hydroxyl groups is 1. The summed E-state index contributed by atoms with van der Waals surface area (Å²) in [7, 11) is 0. The fourth-order valence-corrected chi connectivity index (χ4v) is 1.72. The van der Waals surface area contributed by atoms with E-state index >= 15 is 0 Å². The number of amides is 1. The van der Waals surface area contributed by atoms with Crippen molar-refractivity contribution in [3.05, 3.63) is 0 Å². The SMILES string of the molecule is CC(C)CN1CC(C)(CCO)OC1=O. The van der Waals surface area contributed by atoms with E-state index in [1.165, 1.54) is 0 Å². The Bertz CT molecular complexity index is 217. The van der Waals surface area contributed by atoms with Gasteiger partial charge in [0.25, 0.3) is 0 Å². The van der Waals surface area contributed by atoms with Gasteiger partial charge in [-0.1, -0.05) is 13.8 Å². The topological polar surface area (TPSA) is 49.8 Å². The Morgan fingerprint density at radius 1 is 1.64 bits per heavy atom. The molecular formula is C10H19NO3. The molecule has 0 aromatic carbocycles. The van der Waals surface area contributed by atoms with E-state index in [2.05, 4.69) is 13.8 Å². The predicted molar refractivity (Wildman–Crippen MR) is 53.0 cm³/mol. The molecule has 0 aromatic heterocycles. The summed E-state index contributed by atoms with van der Waals surface area (Å²) in [5.41, 5.74) is -0.499. The second-order valence-electron chi connectivity index (χ2n) is 4.57. The van der Waals surface area contributed by atoms with Crippen LogP contribution in [0, 0.1) is 5.92 Å². The Morgan fingerprint density at radius 2 is 2.29 bits per heavy atom. The van der Waals surface area contributed by atoms with E-state index in [0.717, 1.165) is 6.54 Å². The molecule has 1 aliphatic rings. The van der Waals surface area contributed by atoms with Crippen LogP contribution in [0.2, 0.25) is 0 Å². The van der Waals surface area contributed by atoms with E-state index in [1.54, 1.807) is 4.90 Å². The van der Waals surface area contributed by atoms with Crippen LogP contribution in [0.25, 0.3) is 0 Å². The highest BCUT2D eigenvalue weighted by Crippen LogP contribution is 2.25. The molecule has 0 radical (unpaired) electrons. The molecule has 4 nitrogen and oxygen atoms in total. The molecule has 0 aliphatic carbocycles. The summed E-state index contributed by atoms with van der Waals surface area (Å²) in [6.07, 6.45) is 0.252. The summed E-state index contributed by atoms with van der Waals surface area (Å²) in [6.45, 7) is 7.36. The molecule has 1 fully saturated rings. The Balaban J connectivity index is 2.54. The first-order valence-corrected chi connectivity index (χ1v) is 5.05. The third kappa shape index (κ3) is 2.61. The third-order valence-electron chi connectivity index (χ3n) is 2.34. The molecule has 0 saturated carbocycles. The standard InChI is InChI=1S/C10H19NO3/c1-8(2)6-11-7-10(3,4-5-12)14-9(11)13/h8,12H,4-7H2,1-3H3. The molecule has 1 unspecified atom stereocenters. The molecule has 1 saturated heterocycles. The maximum Gasteiger partial charge on any atom is 0.410 e. The normalized spacial score (nSPS) is 27.2. The van der Waals surface area contributed by atoms with Crippen molar-refractivity contribution in [3.8, 4) is 0 Å². The largest absolute Gasteiger partial charge is 0.441 e. The number of hydrogen-bond acceptors (Lipinski definition) is 3. The zero-order valence-corrected chi connectivity index (χ0v) is 9.12. The van der Waals surface area contributed by atoms with Crippen molar-refractivity contribution in [2.24, 2.45) is 5.92 Å². The first kappa shape index (κ1) is 11.3. The van der Waals surface area contributed by atoms with Crippen LogP contribution in [0.15, 0.2) is 0 Å². The highest BCUT2D eigenvalue weighted by Gasteiger charge is 2.40. The lowest BCUT2D eigenvalue weighted by atomic mass is 10.0. The van der Waals surface area contributed by atoms with Crippen molar-refractivity contribution >= 4 is 6.09 Å².